The molecule has 0 aliphatic heterocycles. The molecular formula is C8H12N2O4. The molecule has 0 amide bonds. The molecule has 0 bridgehead atoms. The number of carboxylic acids is 1. The second-order valence-corrected chi connectivity index (χ2v) is 2.82. The van der Waals surface area contributed by atoms with Gasteiger partial charge in [0, 0.05) is 13.5 Å². The summed E-state index contributed by atoms with van der Waals surface area (Å²) in [5.41, 5.74) is 0. The fourth-order valence-electron chi connectivity index (χ4n) is 0.854. The minimum atomic E-state index is -0.885. The highest BCUT2D eigenvalue weighted by molar-refractivity contribution is 5.66. The summed E-state index contributed by atoms with van der Waals surface area (Å²) >= 11 is 0. The van der Waals surface area contributed by atoms with E-state index in [2.05, 4.69) is 10.1 Å². The zero-order valence-electron chi connectivity index (χ0n) is 8.06. The van der Waals surface area contributed by atoms with Gasteiger partial charge in [-0.3, -0.25) is 4.79 Å². The molecule has 1 aromatic heterocycles. The molecular weight excluding hydrogens is 188 g/mol. The van der Waals surface area contributed by atoms with Crippen LogP contribution in [0.2, 0.25) is 0 Å². The second kappa shape index (κ2) is 4.71. The van der Waals surface area contributed by atoms with E-state index >= 15 is 0 Å². The predicted molar refractivity (Wildman–Crippen MR) is 45.7 cm³/mol. The monoisotopic (exact) mass is 200 g/mol. The van der Waals surface area contributed by atoms with Crippen molar-refractivity contribution < 1.29 is 19.2 Å². The lowest BCUT2D eigenvalue weighted by molar-refractivity contribution is -0.137. The number of nitrogens with zero attached hydrogens (tertiary/aromatic N) is 2. The Hall–Kier alpha value is -1.43. The van der Waals surface area contributed by atoms with Crippen molar-refractivity contribution in [3.05, 3.63) is 11.7 Å². The van der Waals surface area contributed by atoms with Gasteiger partial charge in [-0.2, -0.15) is 4.98 Å². The van der Waals surface area contributed by atoms with Gasteiger partial charge in [-0.05, 0) is 6.92 Å². The topological polar surface area (TPSA) is 85.5 Å². The van der Waals surface area contributed by atoms with Gasteiger partial charge in [-0.1, -0.05) is 5.16 Å². The van der Waals surface area contributed by atoms with E-state index in [0.717, 1.165) is 0 Å². The zero-order chi connectivity index (χ0) is 10.6. The number of aliphatic carboxylic acids is 1. The Morgan fingerprint density at radius 1 is 1.71 bits per heavy atom. The van der Waals surface area contributed by atoms with E-state index < -0.39 is 5.97 Å². The molecule has 6 nitrogen and oxygen atoms in total. The van der Waals surface area contributed by atoms with Crippen molar-refractivity contribution in [2.75, 3.05) is 7.11 Å². The summed E-state index contributed by atoms with van der Waals surface area (Å²) in [6.07, 6.45) is -0.000724. The average molecular weight is 200 g/mol. The molecule has 1 heterocycles. The third-order valence-electron chi connectivity index (χ3n) is 1.75. The first-order valence-corrected chi connectivity index (χ1v) is 4.20. The van der Waals surface area contributed by atoms with Crippen LogP contribution in [0.25, 0.3) is 0 Å². The van der Waals surface area contributed by atoms with Gasteiger partial charge >= 0.3 is 5.97 Å². The number of rotatable bonds is 5. The van der Waals surface area contributed by atoms with Gasteiger partial charge in [-0.15, -0.1) is 0 Å². The van der Waals surface area contributed by atoms with Gasteiger partial charge in [-0.25, -0.2) is 0 Å². The summed E-state index contributed by atoms with van der Waals surface area (Å²) in [5.74, 6) is -0.122. The Balaban J connectivity index is 2.54. The molecule has 78 valence electrons. The van der Waals surface area contributed by atoms with Crippen LogP contribution in [0.5, 0.6) is 0 Å². The Labute approximate surface area is 80.9 Å². The highest BCUT2D eigenvalue weighted by Gasteiger charge is 2.13. The summed E-state index contributed by atoms with van der Waals surface area (Å²) in [5, 5.41) is 12.1. The fraction of sp³-hybridized carbons (Fsp3) is 0.625. The van der Waals surface area contributed by atoms with Crippen molar-refractivity contribution >= 4 is 5.97 Å². The summed E-state index contributed by atoms with van der Waals surface area (Å²) < 4.78 is 9.81. The third kappa shape index (κ3) is 2.81. The average Bonchev–Trinajstić information content (AvgIpc) is 2.62. The van der Waals surface area contributed by atoms with Gasteiger partial charge in [0.2, 0.25) is 5.89 Å². The maximum absolute atomic E-state index is 10.3. The minimum absolute atomic E-state index is 0.0109. The largest absolute Gasteiger partial charge is 0.481 e. The van der Waals surface area contributed by atoms with Gasteiger partial charge < -0.3 is 14.4 Å². The van der Waals surface area contributed by atoms with E-state index in [1.807, 2.05) is 0 Å². The van der Waals surface area contributed by atoms with E-state index in [4.69, 9.17) is 14.4 Å². The first kappa shape index (κ1) is 10.6. The van der Waals surface area contributed by atoms with Crippen molar-refractivity contribution in [2.24, 2.45) is 0 Å². The molecule has 0 unspecified atom stereocenters. The summed E-state index contributed by atoms with van der Waals surface area (Å²) in [4.78, 5) is 14.2. The van der Waals surface area contributed by atoms with Crippen molar-refractivity contribution in [1.82, 2.24) is 10.1 Å². The zero-order valence-corrected chi connectivity index (χ0v) is 8.06. The molecule has 0 spiro atoms. The highest BCUT2D eigenvalue weighted by atomic mass is 16.5. The quantitative estimate of drug-likeness (QED) is 0.756. The summed E-state index contributed by atoms with van der Waals surface area (Å²) in [6, 6.07) is 0. The van der Waals surface area contributed by atoms with Crippen molar-refractivity contribution in [3.8, 4) is 0 Å². The van der Waals surface area contributed by atoms with E-state index in [9.17, 15) is 4.79 Å². The molecule has 14 heavy (non-hydrogen) atoms. The number of aromatic nitrogens is 2. The van der Waals surface area contributed by atoms with Crippen LogP contribution in [-0.4, -0.2) is 28.3 Å². The number of methoxy groups -OCH3 is 1. The van der Waals surface area contributed by atoms with Crippen molar-refractivity contribution in [2.45, 2.75) is 25.9 Å². The number of carbonyl (C=O) groups is 1. The lowest BCUT2D eigenvalue weighted by atomic mass is 10.3. The van der Waals surface area contributed by atoms with E-state index in [0.29, 0.717) is 11.7 Å². The predicted octanol–water partition coefficient (Wildman–Crippen LogP) is 0.794. The number of hydrogen-bond donors (Lipinski definition) is 1. The molecule has 0 saturated carbocycles. The maximum Gasteiger partial charge on any atom is 0.303 e. The van der Waals surface area contributed by atoms with Gasteiger partial charge in [0.25, 0.3) is 0 Å². The molecule has 0 aromatic carbocycles. The van der Waals surface area contributed by atoms with Crippen LogP contribution < -0.4 is 0 Å². The minimum Gasteiger partial charge on any atom is -0.481 e. The van der Waals surface area contributed by atoms with E-state index in [1.54, 1.807) is 6.92 Å². The third-order valence-corrected chi connectivity index (χ3v) is 1.75. The highest BCUT2D eigenvalue weighted by Crippen LogP contribution is 2.11. The lowest BCUT2D eigenvalue weighted by Crippen LogP contribution is -2.00. The number of carboxylic acid groups (broad SMARTS) is 1. The van der Waals surface area contributed by atoms with Crippen LogP contribution in [0.3, 0.4) is 0 Å². The standard InChI is InChI=1S/C8H12N2O4/c1-5(13-2)8-9-6(14-10-8)3-4-7(11)12/h5H,3-4H2,1-2H3,(H,11,12)/t5-/m0/s1. The smallest absolute Gasteiger partial charge is 0.303 e. The fourth-order valence-corrected chi connectivity index (χ4v) is 0.854. The Bertz CT molecular complexity index is 310. The van der Waals surface area contributed by atoms with Gasteiger partial charge in [0.1, 0.15) is 6.10 Å². The normalized spacial score (nSPS) is 12.7. The molecule has 0 aliphatic carbocycles. The first-order chi connectivity index (χ1) is 6.63. The molecule has 0 saturated heterocycles. The summed E-state index contributed by atoms with van der Waals surface area (Å²) in [6.45, 7) is 1.78. The van der Waals surface area contributed by atoms with Crippen LogP contribution in [0.4, 0.5) is 0 Å². The summed E-state index contributed by atoms with van der Waals surface area (Å²) in [7, 11) is 1.54. The van der Waals surface area contributed by atoms with E-state index in [-0.39, 0.29) is 18.9 Å². The van der Waals surface area contributed by atoms with Crippen molar-refractivity contribution in [3.63, 3.8) is 0 Å². The molecule has 1 aromatic rings. The maximum atomic E-state index is 10.3. The molecule has 0 aliphatic rings. The molecule has 0 fully saturated rings. The van der Waals surface area contributed by atoms with E-state index in [1.165, 1.54) is 7.11 Å². The lowest BCUT2D eigenvalue weighted by Gasteiger charge is -2.00. The van der Waals surface area contributed by atoms with Crippen LogP contribution >= 0.6 is 0 Å². The van der Waals surface area contributed by atoms with Gasteiger partial charge in [0.05, 0.1) is 6.42 Å². The van der Waals surface area contributed by atoms with Crippen LogP contribution in [0, 0.1) is 0 Å². The Morgan fingerprint density at radius 2 is 2.43 bits per heavy atom. The van der Waals surface area contributed by atoms with Crippen LogP contribution in [0.1, 0.15) is 31.2 Å². The number of ether oxygens (including phenoxy) is 1. The Morgan fingerprint density at radius 3 is 3.00 bits per heavy atom. The van der Waals surface area contributed by atoms with Crippen LogP contribution in [0.15, 0.2) is 4.52 Å². The molecule has 1 rings (SSSR count). The molecule has 1 atom stereocenters. The SMILES string of the molecule is CO[C@@H](C)c1noc(CCC(=O)O)n1. The molecule has 1 N–H and O–H groups in total. The Kier molecular flexibility index (Phi) is 3.58. The number of aryl methyl sites for hydroxylation is 1. The molecule has 0 radical (unpaired) electrons. The van der Waals surface area contributed by atoms with Crippen molar-refractivity contribution in [1.29, 1.82) is 0 Å². The second-order valence-electron chi connectivity index (χ2n) is 2.82. The van der Waals surface area contributed by atoms with Gasteiger partial charge in [0.15, 0.2) is 5.82 Å². The molecule has 6 heteroatoms. The number of hydrogen-bond acceptors (Lipinski definition) is 5. The first-order valence-electron chi connectivity index (χ1n) is 4.20. The van der Waals surface area contributed by atoms with Crippen LogP contribution in [-0.2, 0) is 16.0 Å².